The molecule has 0 bridgehead atoms. The van der Waals surface area contributed by atoms with Gasteiger partial charge >= 0.3 is 6.18 Å². The van der Waals surface area contributed by atoms with Crippen molar-refractivity contribution in [3.8, 4) is 11.1 Å². The Hall–Kier alpha value is -4.01. The molecule has 14 heteroatoms. The smallest absolute Gasteiger partial charge is 0.397 e. The fourth-order valence-corrected chi connectivity index (χ4v) is 5.93. The molecular weight excluding hydrogens is 569 g/mol. The van der Waals surface area contributed by atoms with Crippen LogP contribution in [0.2, 0.25) is 0 Å². The van der Waals surface area contributed by atoms with Crippen LogP contribution in [0, 0.1) is 0 Å². The van der Waals surface area contributed by atoms with Crippen LogP contribution in [0.1, 0.15) is 39.9 Å². The summed E-state index contributed by atoms with van der Waals surface area (Å²) < 4.78 is 41.8. The van der Waals surface area contributed by atoms with E-state index in [0.29, 0.717) is 31.6 Å². The van der Waals surface area contributed by atoms with Crippen molar-refractivity contribution in [1.29, 1.82) is 0 Å². The number of hydrogen-bond acceptors (Lipinski definition) is 10. The number of amides is 1. The number of aliphatic hydroxyl groups is 1. The number of carbonyl (C=O) groups is 1. The molecule has 6 N–H and O–H groups in total. The third-order valence-electron chi connectivity index (χ3n) is 7.30. The monoisotopic (exact) mass is 600 g/mol. The molecule has 222 valence electrons. The van der Waals surface area contributed by atoms with Gasteiger partial charge in [-0.25, -0.2) is 9.97 Å². The van der Waals surface area contributed by atoms with Gasteiger partial charge in [0, 0.05) is 68.7 Å². The summed E-state index contributed by atoms with van der Waals surface area (Å²) in [7, 11) is 3.85. The Morgan fingerprint density at radius 3 is 2.38 bits per heavy atom. The molecule has 1 amide bonds. The number of rotatable bonds is 8. The van der Waals surface area contributed by atoms with Crippen LogP contribution >= 0.6 is 11.3 Å². The third kappa shape index (κ3) is 6.10. The Morgan fingerprint density at radius 2 is 1.83 bits per heavy atom. The van der Waals surface area contributed by atoms with Crippen LogP contribution in [0.25, 0.3) is 21.3 Å². The normalized spacial score (nSPS) is 15.2. The van der Waals surface area contributed by atoms with Gasteiger partial charge in [-0.2, -0.15) is 13.2 Å². The number of nitrogen functional groups attached to an aromatic ring is 1. The summed E-state index contributed by atoms with van der Waals surface area (Å²) in [4.78, 5) is 28.5. The molecule has 0 radical (unpaired) electrons. The van der Waals surface area contributed by atoms with Gasteiger partial charge in [0.1, 0.15) is 27.4 Å². The lowest BCUT2D eigenvalue weighted by molar-refractivity contribution is -0.136. The van der Waals surface area contributed by atoms with Gasteiger partial charge in [0.05, 0.1) is 16.9 Å². The highest BCUT2D eigenvalue weighted by Crippen LogP contribution is 2.43. The van der Waals surface area contributed by atoms with E-state index in [1.165, 1.54) is 0 Å². The number of carbonyl (C=O) groups excluding carboxylic acids is 1. The van der Waals surface area contributed by atoms with E-state index in [1.807, 2.05) is 37.2 Å². The van der Waals surface area contributed by atoms with Gasteiger partial charge < -0.3 is 31.7 Å². The van der Waals surface area contributed by atoms with Gasteiger partial charge in [0.15, 0.2) is 0 Å². The van der Waals surface area contributed by atoms with Crippen molar-refractivity contribution in [3.05, 3.63) is 58.9 Å². The molecule has 4 aromatic rings. The maximum Gasteiger partial charge on any atom is 0.417 e. The van der Waals surface area contributed by atoms with Crippen molar-refractivity contribution < 1.29 is 23.1 Å². The number of halogens is 3. The molecule has 0 aliphatic carbocycles. The summed E-state index contributed by atoms with van der Waals surface area (Å²) in [6.07, 6.45) is -0.758. The minimum absolute atomic E-state index is 0.0230. The van der Waals surface area contributed by atoms with Crippen LogP contribution in [-0.4, -0.2) is 65.7 Å². The van der Waals surface area contributed by atoms with Crippen molar-refractivity contribution >= 4 is 44.8 Å². The molecule has 1 aliphatic rings. The van der Waals surface area contributed by atoms with E-state index < -0.39 is 23.8 Å². The van der Waals surface area contributed by atoms with E-state index in [0.717, 1.165) is 34.3 Å². The maximum absolute atomic E-state index is 13.9. The topological polar surface area (TPSA) is 147 Å². The third-order valence-corrected chi connectivity index (χ3v) is 8.41. The lowest BCUT2D eigenvalue weighted by atomic mass is 10.0. The number of primary amides is 1. The van der Waals surface area contributed by atoms with Crippen LogP contribution in [0.15, 0.2) is 42.7 Å². The van der Waals surface area contributed by atoms with Gasteiger partial charge in [-0.15, -0.1) is 11.3 Å². The second-order valence-corrected chi connectivity index (χ2v) is 11.4. The molecule has 1 fully saturated rings. The van der Waals surface area contributed by atoms with E-state index >= 15 is 0 Å². The number of pyridine rings is 3. The molecule has 0 aromatic carbocycles. The average molecular weight is 601 g/mol. The number of piperidine rings is 1. The number of alkyl halides is 3. The van der Waals surface area contributed by atoms with Crippen molar-refractivity contribution in [2.75, 3.05) is 49.3 Å². The van der Waals surface area contributed by atoms with Crippen molar-refractivity contribution in [3.63, 3.8) is 0 Å². The molecular formula is C28H31F3N8O2S. The molecule has 5 heterocycles. The van der Waals surface area contributed by atoms with Crippen LogP contribution in [0.5, 0.6) is 0 Å². The van der Waals surface area contributed by atoms with Gasteiger partial charge in [-0.05, 0) is 37.1 Å². The minimum atomic E-state index is -4.68. The largest absolute Gasteiger partial charge is 0.417 e. The number of nitrogens with one attached hydrogen (secondary N) is 1. The van der Waals surface area contributed by atoms with Crippen LogP contribution in [-0.2, 0) is 6.18 Å². The van der Waals surface area contributed by atoms with Gasteiger partial charge in [-0.3, -0.25) is 9.78 Å². The van der Waals surface area contributed by atoms with Gasteiger partial charge in [0.2, 0.25) is 0 Å². The quantitative estimate of drug-likeness (QED) is 0.237. The molecule has 1 atom stereocenters. The molecule has 10 nitrogen and oxygen atoms in total. The zero-order valence-electron chi connectivity index (χ0n) is 23.0. The Bertz CT molecular complexity index is 1570. The fraction of sp³-hybridized carbons (Fsp3) is 0.357. The highest BCUT2D eigenvalue weighted by Gasteiger charge is 2.37. The van der Waals surface area contributed by atoms with Gasteiger partial charge in [0.25, 0.3) is 5.91 Å². The summed E-state index contributed by atoms with van der Waals surface area (Å²) in [6.45, 7) is 1.20. The molecule has 5 rings (SSSR count). The lowest BCUT2D eigenvalue weighted by Gasteiger charge is -2.34. The Morgan fingerprint density at radius 1 is 1.17 bits per heavy atom. The van der Waals surface area contributed by atoms with Crippen molar-refractivity contribution in [2.45, 2.75) is 31.2 Å². The number of aromatic nitrogens is 3. The van der Waals surface area contributed by atoms with E-state index in [9.17, 15) is 23.1 Å². The first kappa shape index (κ1) is 29.5. The molecule has 42 heavy (non-hydrogen) atoms. The zero-order valence-corrected chi connectivity index (χ0v) is 23.8. The molecule has 1 saturated heterocycles. The highest BCUT2D eigenvalue weighted by atomic mass is 32.1. The molecule has 1 aliphatic heterocycles. The van der Waals surface area contributed by atoms with Crippen molar-refractivity contribution in [1.82, 2.24) is 20.3 Å². The van der Waals surface area contributed by atoms with E-state index in [-0.39, 0.29) is 39.2 Å². The van der Waals surface area contributed by atoms with Crippen LogP contribution in [0.4, 0.5) is 30.5 Å². The highest BCUT2D eigenvalue weighted by molar-refractivity contribution is 7.21. The second kappa shape index (κ2) is 11.7. The number of hydrogen-bond donors (Lipinski definition) is 4. The molecule has 0 spiro atoms. The first-order valence-electron chi connectivity index (χ1n) is 13.3. The molecule has 0 saturated carbocycles. The summed E-state index contributed by atoms with van der Waals surface area (Å²) in [5.74, 6) is 0.129. The predicted octanol–water partition coefficient (Wildman–Crippen LogP) is 3.81. The summed E-state index contributed by atoms with van der Waals surface area (Å²) in [5.41, 5.74) is 12.3. The fourth-order valence-electron chi connectivity index (χ4n) is 4.97. The second-order valence-electron chi connectivity index (χ2n) is 10.4. The standard InChI is InChI=1S/C28H31F3N8O2S/c1-38(2)21-6-4-16(13-36-21)15-3-5-19(35-12-15)20(40)14-34-17-7-9-39(10-8-17)22-11-18(28(29,30)31)23-24(32)25(26(33)41)42-27(23)37-22/h3-6,11-13,17,20,34,40H,7-10,14,32H2,1-2H3,(H2,33,41). The number of fused-ring (bicyclic) bond motifs is 1. The zero-order chi connectivity index (χ0) is 30.2. The number of nitrogens with two attached hydrogens (primary N) is 2. The summed E-state index contributed by atoms with van der Waals surface area (Å²) in [5, 5.41) is 13.7. The Kier molecular flexibility index (Phi) is 8.21. The summed E-state index contributed by atoms with van der Waals surface area (Å²) in [6, 6.07) is 8.61. The Labute approximate surface area is 244 Å². The van der Waals surface area contributed by atoms with E-state index in [1.54, 1.807) is 23.4 Å². The Balaban J connectivity index is 1.19. The van der Waals surface area contributed by atoms with Crippen molar-refractivity contribution in [2.24, 2.45) is 5.73 Å². The SMILES string of the molecule is CN(C)c1ccc(-c2ccc(C(O)CNC3CCN(c4cc(C(F)(F)F)c5c(N)c(C(N)=O)sc5n4)CC3)nc2)cn1. The first-order valence-corrected chi connectivity index (χ1v) is 14.1. The maximum atomic E-state index is 13.9. The van der Waals surface area contributed by atoms with E-state index in [2.05, 4.69) is 20.3 Å². The number of aliphatic hydroxyl groups excluding tert-OH is 1. The lowest BCUT2D eigenvalue weighted by Crippen LogP contribution is -2.44. The summed E-state index contributed by atoms with van der Waals surface area (Å²) >= 11 is 0.763. The minimum Gasteiger partial charge on any atom is -0.397 e. The predicted molar refractivity (Wildman–Crippen MR) is 158 cm³/mol. The van der Waals surface area contributed by atoms with Crippen LogP contribution in [0.3, 0.4) is 0 Å². The number of thiophene rings is 1. The van der Waals surface area contributed by atoms with E-state index in [4.69, 9.17) is 11.5 Å². The number of nitrogens with zero attached hydrogens (tertiary/aromatic N) is 5. The molecule has 1 unspecified atom stereocenters. The van der Waals surface area contributed by atoms with Crippen LogP contribution < -0.4 is 26.6 Å². The average Bonchev–Trinajstić information content (AvgIpc) is 3.31. The first-order chi connectivity index (χ1) is 19.9. The van der Waals surface area contributed by atoms with Gasteiger partial charge in [-0.1, -0.05) is 6.07 Å². The number of anilines is 3. The molecule has 4 aromatic heterocycles.